The van der Waals surface area contributed by atoms with Crippen molar-refractivity contribution in [2.45, 2.75) is 79.4 Å². The fourth-order valence-electron chi connectivity index (χ4n) is 8.36. The Labute approximate surface area is 379 Å². The summed E-state index contributed by atoms with van der Waals surface area (Å²) in [5, 5.41) is 6.68. The van der Waals surface area contributed by atoms with Crippen molar-refractivity contribution in [2.75, 3.05) is 0 Å². The first-order valence-corrected chi connectivity index (χ1v) is 22.3. The van der Waals surface area contributed by atoms with Crippen molar-refractivity contribution in [3.8, 4) is 11.5 Å². The lowest BCUT2D eigenvalue weighted by Crippen LogP contribution is -2.12. The highest BCUT2D eigenvalue weighted by Gasteiger charge is 2.18. The number of nitrogens with zero attached hydrogens (tertiary/aromatic N) is 3. The van der Waals surface area contributed by atoms with Gasteiger partial charge in [0.2, 0.25) is 0 Å². The number of fused-ring (bicyclic) bond motifs is 2. The largest absolute Gasteiger partial charge is 0.488 e. The fraction of sp³-hybridized carbons (Fsp3) is 0.250. The monoisotopic (exact) mass is 852 g/mol. The van der Waals surface area contributed by atoms with Gasteiger partial charge < -0.3 is 24.5 Å². The molecule has 7 heteroatoms. The molecule has 0 aliphatic carbocycles. The molecule has 2 heterocycles. The van der Waals surface area contributed by atoms with Crippen molar-refractivity contribution in [3.05, 3.63) is 201 Å². The lowest BCUT2D eigenvalue weighted by molar-refractivity contribution is 0.305. The second-order valence-corrected chi connectivity index (χ2v) is 17.8. The van der Waals surface area contributed by atoms with Gasteiger partial charge in [-0.25, -0.2) is 0 Å². The van der Waals surface area contributed by atoms with Crippen LogP contribution in [0.1, 0.15) is 95.2 Å². The van der Waals surface area contributed by atoms with Gasteiger partial charge in [-0.1, -0.05) is 113 Å². The molecule has 0 unspecified atom stereocenters. The first-order valence-electron chi connectivity index (χ1n) is 21.9. The highest BCUT2D eigenvalue weighted by molar-refractivity contribution is 7.80. The molecule has 0 spiro atoms. The highest BCUT2D eigenvalue weighted by atomic mass is 32.1. The van der Waals surface area contributed by atoms with Crippen LogP contribution in [0.25, 0.3) is 21.8 Å². The van der Waals surface area contributed by atoms with Crippen LogP contribution in [0.5, 0.6) is 11.5 Å². The Hall–Kier alpha value is -6.44. The Balaban J connectivity index is 0.000000189. The van der Waals surface area contributed by atoms with E-state index in [1.807, 2.05) is 36.4 Å². The number of hydrogen-bond acceptors (Lipinski definition) is 5. The quantitative estimate of drug-likeness (QED) is 0.0389. The number of ether oxygens (including phenoxy) is 2. The van der Waals surface area contributed by atoms with E-state index >= 15 is 0 Å². The summed E-state index contributed by atoms with van der Waals surface area (Å²) in [5.74, 6) is 8.47. The van der Waals surface area contributed by atoms with Crippen LogP contribution in [0.15, 0.2) is 151 Å². The lowest BCUT2D eigenvalue weighted by atomic mass is 9.92. The maximum atomic E-state index is 6.29. The molecule has 6 nitrogen and oxygen atoms in total. The van der Waals surface area contributed by atoms with Gasteiger partial charge in [-0.2, -0.15) is 5.10 Å². The van der Waals surface area contributed by atoms with Crippen LogP contribution >= 0.6 is 12.2 Å². The molecule has 0 radical (unpaired) electrons. The summed E-state index contributed by atoms with van der Waals surface area (Å²) in [4.78, 5) is 0.917. The van der Waals surface area contributed by atoms with E-state index < -0.39 is 0 Å². The molecule has 0 bridgehead atoms. The average Bonchev–Trinajstić information content (AvgIpc) is 3.84. The summed E-state index contributed by atoms with van der Waals surface area (Å²) in [6, 6.07) is 46.6. The summed E-state index contributed by atoms with van der Waals surface area (Å²) >= 11 is 5.95. The van der Waals surface area contributed by atoms with Crippen LogP contribution in [0.4, 0.5) is 0 Å². The Bertz CT molecular complexity index is 2870. The summed E-state index contributed by atoms with van der Waals surface area (Å²) in [6.07, 6.45) is 5.54. The first kappa shape index (κ1) is 44.6. The zero-order valence-electron chi connectivity index (χ0n) is 38.0. The van der Waals surface area contributed by atoms with Crippen LogP contribution in [-0.4, -0.2) is 19.7 Å². The predicted octanol–water partition coefficient (Wildman–Crippen LogP) is 13.2. The maximum absolute atomic E-state index is 6.29. The molecule has 0 amide bonds. The predicted molar refractivity (Wildman–Crippen MR) is 268 cm³/mol. The van der Waals surface area contributed by atoms with Gasteiger partial charge in [-0.3, -0.25) is 0 Å². The molecule has 322 valence electrons. The van der Waals surface area contributed by atoms with Crippen molar-refractivity contribution in [1.29, 1.82) is 0 Å². The van der Waals surface area contributed by atoms with E-state index in [1.54, 1.807) is 0 Å². The Morgan fingerprint density at radius 2 is 1.00 bits per heavy atom. The smallest absolute Gasteiger partial charge is 0.129 e. The topological polar surface area (TPSA) is 66.7 Å². The molecule has 0 fully saturated rings. The molecule has 0 aliphatic heterocycles. The van der Waals surface area contributed by atoms with Crippen molar-refractivity contribution < 1.29 is 9.47 Å². The standard InChI is InChI=1S/C28H31N3O.C28H29NOS/c1-19(2)24-17-25(28(14-20(24)3)32-18-21-8-6-5-7-9-21)26(30-29)16-22-10-11-27-23(15-22)12-13-31(27)4;1-19(2)24-17-25(27(14-20(24)3)30-18-21-8-6-5-7-9-21)28(31)16-22-10-11-26-23(15-22)12-13-29(26)4/h5-15,17,19H,16,18,29H2,1-4H3;5-15,17,19H,16,18H2,1-4H3. The van der Waals surface area contributed by atoms with E-state index in [0.717, 1.165) is 50.7 Å². The third-order valence-corrected chi connectivity index (χ3v) is 12.2. The number of rotatable bonds is 14. The van der Waals surface area contributed by atoms with Crippen LogP contribution in [0.2, 0.25) is 0 Å². The molecule has 2 N–H and O–H groups in total. The normalized spacial score (nSPS) is 11.6. The lowest BCUT2D eigenvalue weighted by Gasteiger charge is -2.18. The van der Waals surface area contributed by atoms with Crippen LogP contribution < -0.4 is 15.3 Å². The molecule has 8 rings (SSSR count). The van der Waals surface area contributed by atoms with E-state index in [-0.39, 0.29) is 0 Å². The summed E-state index contributed by atoms with van der Waals surface area (Å²) in [6.45, 7) is 14.2. The van der Waals surface area contributed by atoms with Gasteiger partial charge >= 0.3 is 0 Å². The second kappa shape index (κ2) is 20.2. The van der Waals surface area contributed by atoms with Gasteiger partial charge in [0.15, 0.2) is 0 Å². The number of benzene rings is 6. The third kappa shape index (κ3) is 10.8. The third-order valence-electron chi connectivity index (χ3n) is 11.9. The summed E-state index contributed by atoms with van der Waals surface area (Å²) in [5.41, 5.74) is 15.0. The van der Waals surface area contributed by atoms with Crippen molar-refractivity contribution in [1.82, 2.24) is 9.13 Å². The van der Waals surface area contributed by atoms with Crippen LogP contribution in [0.3, 0.4) is 0 Å². The number of thiocarbonyl (C=S) groups is 1. The zero-order valence-corrected chi connectivity index (χ0v) is 38.8. The van der Waals surface area contributed by atoms with Crippen LogP contribution in [-0.2, 0) is 40.2 Å². The number of nitrogens with two attached hydrogens (primary N) is 1. The van der Waals surface area contributed by atoms with Crippen molar-refractivity contribution in [3.63, 3.8) is 0 Å². The van der Waals surface area contributed by atoms with Crippen molar-refractivity contribution >= 4 is 44.6 Å². The zero-order chi connectivity index (χ0) is 44.6. The first-order chi connectivity index (χ1) is 30.4. The molecule has 6 aromatic carbocycles. The van der Waals surface area contributed by atoms with E-state index in [0.29, 0.717) is 31.5 Å². The Morgan fingerprint density at radius 1 is 0.556 bits per heavy atom. The van der Waals surface area contributed by atoms with Crippen molar-refractivity contribution in [2.24, 2.45) is 25.0 Å². The molecule has 0 atom stereocenters. The molecule has 63 heavy (non-hydrogen) atoms. The average molecular weight is 853 g/mol. The number of hydrazone groups is 1. The Morgan fingerprint density at radius 3 is 1.46 bits per heavy atom. The Kier molecular flexibility index (Phi) is 14.3. The van der Waals surface area contributed by atoms with E-state index in [9.17, 15) is 0 Å². The molecule has 2 aromatic heterocycles. The summed E-state index contributed by atoms with van der Waals surface area (Å²) < 4.78 is 16.8. The van der Waals surface area contributed by atoms with E-state index in [1.165, 1.54) is 55.2 Å². The molecule has 0 aliphatic rings. The van der Waals surface area contributed by atoms with Gasteiger partial charge in [0.25, 0.3) is 0 Å². The number of aryl methyl sites for hydroxylation is 4. The van der Waals surface area contributed by atoms with E-state index in [2.05, 4.69) is 179 Å². The highest BCUT2D eigenvalue weighted by Crippen LogP contribution is 2.32. The van der Waals surface area contributed by atoms with Gasteiger partial charge in [0.05, 0.1) is 5.71 Å². The second-order valence-electron chi connectivity index (χ2n) is 17.3. The van der Waals surface area contributed by atoms with Gasteiger partial charge in [0.1, 0.15) is 24.7 Å². The maximum Gasteiger partial charge on any atom is 0.129 e. The molecule has 0 saturated heterocycles. The van der Waals surface area contributed by atoms with Gasteiger partial charge in [-0.15, -0.1) is 0 Å². The summed E-state index contributed by atoms with van der Waals surface area (Å²) in [7, 11) is 4.13. The van der Waals surface area contributed by atoms with Gasteiger partial charge in [-0.05, 0) is 142 Å². The number of aromatic nitrogens is 2. The molecular formula is C56H60N4O2S. The van der Waals surface area contributed by atoms with E-state index in [4.69, 9.17) is 27.5 Å². The SMILES string of the molecule is Cc1cc(OCc2ccccc2)c(C(=S)Cc2ccc3c(ccn3C)c2)cc1C(C)C.Cc1cc(OCc2ccccc2)c(C(Cc2ccc3c(ccn3C)c2)=NN)cc1C(C)C. The fourth-order valence-corrected chi connectivity index (χ4v) is 8.69. The minimum Gasteiger partial charge on any atom is -0.488 e. The molecular weight excluding hydrogens is 793 g/mol. The number of hydrogen-bond donors (Lipinski definition) is 1. The van der Waals surface area contributed by atoms with Gasteiger partial charge in [0, 0.05) is 66.4 Å². The van der Waals surface area contributed by atoms with Crippen LogP contribution in [0, 0.1) is 13.8 Å². The minimum atomic E-state index is 0.400. The molecule has 8 aromatic rings. The minimum absolute atomic E-state index is 0.400. The molecule has 0 saturated carbocycles.